The Morgan fingerprint density at radius 3 is 2.22 bits per heavy atom. The molecule has 27 heavy (non-hydrogen) atoms. The lowest BCUT2D eigenvalue weighted by atomic mass is 9.77. The van der Waals surface area contributed by atoms with Gasteiger partial charge < -0.3 is 14.6 Å². The summed E-state index contributed by atoms with van der Waals surface area (Å²) in [6.07, 6.45) is -2.91. The Bertz CT molecular complexity index is 747. The first-order valence-corrected chi connectivity index (χ1v) is 8.78. The van der Waals surface area contributed by atoms with Gasteiger partial charge in [0.2, 0.25) is 5.91 Å². The summed E-state index contributed by atoms with van der Waals surface area (Å²) >= 11 is 5.79. The van der Waals surface area contributed by atoms with Crippen LogP contribution in [0.25, 0.3) is 6.08 Å². The van der Waals surface area contributed by atoms with Crippen molar-refractivity contribution in [2.24, 2.45) is 0 Å². The monoisotopic (exact) mass is 403 g/mol. The Kier molecular flexibility index (Phi) is 6.04. The van der Waals surface area contributed by atoms with E-state index in [9.17, 15) is 18.0 Å². The van der Waals surface area contributed by atoms with Crippen LogP contribution in [0.4, 0.5) is 13.2 Å². The van der Waals surface area contributed by atoms with Crippen molar-refractivity contribution in [2.45, 2.75) is 52.0 Å². The Morgan fingerprint density at radius 2 is 1.78 bits per heavy atom. The largest absolute Gasteiger partial charge is 0.492 e. The molecule has 0 unspecified atom stereocenters. The summed E-state index contributed by atoms with van der Waals surface area (Å²) in [4.78, 5) is 11.3. The average molecular weight is 404 g/mol. The van der Waals surface area contributed by atoms with Gasteiger partial charge in [-0.15, -0.1) is 0 Å². The van der Waals surface area contributed by atoms with Crippen LogP contribution >= 0.6 is 11.6 Å². The first-order valence-electron chi connectivity index (χ1n) is 8.40. The summed E-state index contributed by atoms with van der Waals surface area (Å²) in [5.41, 5.74) is -1.07. The van der Waals surface area contributed by atoms with Crippen LogP contribution in [-0.4, -0.2) is 30.8 Å². The smallest absolute Gasteiger partial charge is 0.400 e. The molecule has 0 aliphatic carbocycles. The quantitative estimate of drug-likeness (QED) is 0.753. The van der Waals surface area contributed by atoms with Crippen molar-refractivity contribution in [3.63, 3.8) is 0 Å². The molecule has 148 valence electrons. The van der Waals surface area contributed by atoms with E-state index in [0.717, 1.165) is 6.07 Å². The molecule has 0 saturated carbocycles. The van der Waals surface area contributed by atoms with E-state index in [2.05, 4.69) is 5.32 Å². The number of halogens is 4. The Morgan fingerprint density at radius 1 is 1.22 bits per heavy atom. The third kappa shape index (κ3) is 5.06. The van der Waals surface area contributed by atoms with E-state index in [0.29, 0.717) is 11.0 Å². The standard InChI is InChI=1S/C18H22BClF3NO3/c1-11(25)24-10-13(19-26-16(2,3)17(4,5)27-19)8-12-6-7-14(15(20)9-12)18(21,22)23/h6-9H,10H2,1-5H3,(H,24,25). The van der Waals surface area contributed by atoms with Gasteiger partial charge in [-0.25, -0.2) is 0 Å². The van der Waals surface area contributed by atoms with E-state index < -0.39 is 35.1 Å². The van der Waals surface area contributed by atoms with Gasteiger partial charge in [0.1, 0.15) is 0 Å². The van der Waals surface area contributed by atoms with Gasteiger partial charge in [-0.1, -0.05) is 23.7 Å². The molecule has 2 rings (SSSR count). The number of alkyl halides is 3. The molecule has 1 aromatic rings. The van der Waals surface area contributed by atoms with E-state index in [1.165, 1.54) is 19.1 Å². The van der Waals surface area contributed by atoms with E-state index in [1.54, 1.807) is 6.08 Å². The minimum atomic E-state index is -4.52. The molecule has 1 amide bonds. The van der Waals surface area contributed by atoms with Gasteiger partial charge in [0, 0.05) is 13.5 Å². The van der Waals surface area contributed by atoms with Gasteiger partial charge in [-0.2, -0.15) is 13.2 Å². The number of hydrogen-bond acceptors (Lipinski definition) is 3. The summed E-state index contributed by atoms with van der Waals surface area (Å²) in [6, 6.07) is 3.46. The minimum Gasteiger partial charge on any atom is -0.400 e. The summed E-state index contributed by atoms with van der Waals surface area (Å²) in [6.45, 7) is 9.05. The molecule has 1 aliphatic heterocycles. The maximum atomic E-state index is 12.9. The van der Waals surface area contributed by atoms with Crippen molar-refractivity contribution in [3.05, 3.63) is 39.8 Å². The average Bonchev–Trinajstić information content (AvgIpc) is 2.70. The van der Waals surface area contributed by atoms with Crippen LogP contribution in [0.1, 0.15) is 45.7 Å². The summed E-state index contributed by atoms with van der Waals surface area (Å²) in [5, 5.41) is 2.27. The highest BCUT2D eigenvalue weighted by molar-refractivity contribution is 6.56. The van der Waals surface area contributed by atoms with Gasteiger partial charge in [0.15, 0.2) is 0 Å². The zero-order valence-electron chi connectivity index (χ0n) is 15.8. The molecule has 1 heterocycles. The highest BCUT2D eigenvalue weighted by atomic mass is 35.5. The zero-order chi connectivity index (χ0) is 20.6. The lowest BCUT2D eigenvalue weighted by Gasteiger charge is -2.32. The molecule has 0 aromatic heterocycles. The number of hydrogen-bond donors (Lipinski definition) is 1. The van der Waals surface area contributed by atoms with Gasteiger partial charge in [0.25, 0.3) is 0 Å². The fourth-order valence-electron chi connectivity index (χ4n) is 2.49. The first-order chi connectivity index (χ1) is 12.2. The van der Waals surface area contributed by atoms with Crippen LogP contribution in [-0.2, 0) is 20.3 Å². The lowest BCUT2D eigenvalue weighted by Crippen LogP contribution is -2.41. The van der Waals surface area contributed by atoms with E-state index in [1.807, 2.05) is 27.7 Å². The van der Waals surface area contributed by atoms with Crippen LogP contribution in [0.2, 0.25) is 5.02 Å². The molecule has 0 atom stereocenters. The number of rotatable bonds is 4. The van der Waals surface area contributed by atoms with Crippen molar-refractivity contribution >= 4 is 30.7 Å². The molecule has 0 radical (unpaired) electrons. The predicted molar refractivity (Wildman–Crippen MR) is 99.2 cm³/mol. The number of benzene rings is 1. The number of nitrogens with one attached hydrogen (secondary N) is 1. The highest BCUT2D eigenvalue weighted by Gasteiger charge is 2.52. The van der Waals surface area contributed by atoms with Gasteiger partial charge in [0.05, 0.1) is 21.8 Å². The molecule has 1 N–H and O–H groups in total. The third-order valence-electron chi connectivity index (χ3n) is 4.75. The SMILES string of the molecule is CC(=O)NCC(=Cc1ccc(C(F)(F)F)c(Cl)c1)B1OC(C)(C)C(C)(C)O1. The predicted octanol–water partition coefficient (Wildman–Crippen LogP) is 4.51. The fourth-order valence-corrected chi connectivity index (χ4v) is 2.78. The summed E-state index contributed by atoms with van der Waals surface area (Å²) in [5.74, 6) is -0.247. The molecule has 4 nitrogen and oxygen atoms in total. The second-order valence-electron chi connectivity index (χ2n) is 7.45. The zero-order valence-corrected chi connectivity index (χ0v) is 16.6. The maximum Gasteiger partial charge on any atom is 0.492 e. The minimum absolute atomic E-state index is 0.130. The number of carbonyl (C=O) groups excluding carboxylic acids is 1. The van der Waals surface area contributed by atoms with Crippen LogP contribution in [0, 0.1) is 0 Å². The molecule has 0 bridgehead atoms. The summed E-state index contributed by atoms with van der Waals surface area (Å²) < 4.78 is 50.6. The lowest BCUT2D eigenvalue weighted by molar-refractivity contribution is -0.137. The third-order valence-corrected chi connectivity index (χ3v) is 5.06. The van der Waals surface area contributed by atoms with Crippen molar-refractivity contribution in [1.29, 1.82) is 0 Å². The van der Waals surface area contributed by atoms with Gasteiger partial charge >= 0.3 is 13.3 Å². The second-order valence-corrected chi connectivity index (χ2v) is 7.86. The highest BCUT2D eigenvalue weighted by Crippen LogP contribution is 2.39. The Balaban J connectivity index is 2.37. The maximum absolute atomic E-state index is 12.9. The van der Waals surface area contributed by atoms with Gasteiger partial charge in [-0.05, 0) is 50.9 Å². The Hall–Kier alpha value is -1.51. The van der Waals surface area contributed by atoms with Crippen LogP contribution < -0.4 is 5.32 Å². The Labute approximate surface area is 162 Å². The molecule has 1 aliphatic rings. The van der Waals surface area contributed by atoms with E-state index in [-0.39, 0.29) is 12.5 Å². The molecular weight excluding hydrogens is 381 g/mol. The normalized spacial score (nSPS) is 19.3. The van der Waals surface area contributed by atoms with Gasteiger partial charge in [-0.3, -0.25) is 4.79 Å². The number of carbonyl (C=O) groups is 1. The van der Waals surface area contributed by atoms with Crippen molar-refractivity contribution in [3.8, 4) is 0 Å². The van der Waals surface area contributed by atoms with Crippen LogP contribution in [0.3, 0.4) is 0 Å². The van der Waals surface area contributed by atoms with Crippen molar-refractivity contribution in [1.82, 2.24) is 5.32 Å². The first kappa shape index (κ1) is 21.8. The van der Waals surface area contributed by atoms with E-state index >= 15 is 0 Å². The number of amides is 1. The molecule has 1 fully saturated rings. The molecule has 9 heteroatoms. The topological polar surface area (TPSA) is 47.6 Å². The van der Waals surface area contributed by atoms with E-state index in [4.69, 9.17) is 20.9 Å². The van der Waals surface area contributed by atoms with Crippen LogP contribution in [0.5, 0.6) is 0 Å². The van der Waals surface area contributed by atoms with Crippen molar-refractivity contribution < 1.29 is 27.3 Å². The second kappa shape index (κ2) is 7.49. The molecular formula is C18H22BClF3NO3. The fraction of sp³-hybridized carbons (Fsp3) is 0.500. The van der Waals surface area contributed by atoms with Crippen LogP contribution in [0.15, 0.2) is 23.7 Å². The summed E-state index contributed by atoms with van der Waals surface area (Å²) in [7, 11) is -0.747. The molecule has 1 saturated heterocycles. The van der Waals surface area contributed by atoms with Crippen molar-refractivity contribution in [2.75, 3.05) is 6.54 Å². The molecule has 1 aromatic carbocycles. The molecule has 0 spiro atoms.